The Morgan fingerprint density at radius 3 is 2.23 bits per heavy atom. The molecule has 0 fully saturated rings. The molecule has 0 nitrogen and oxygen atoms in total. The zero-order valence-corrected chi connectivity index (χ0v) is 9.85. The minimum Gasteiger partial charge on any atom is -0.0883 e. The van der Waals surface area contributed by atoms with Gasteiger partial charge in [0.1, 0.15) is 0 Å². The third-order valence-electron chi connectivity index (χ3n) is 2.54. The first kappa shape index (κ1) is 12.5. The van der Waals surface area contributed by atoms with E-state index in [0.29, 0.717) is 5.41 Å². The van der Waals surface area contributed by atoms with Crippen LogP contribution in [0, 0.1) is 5.41 Å². The first-order valence-corrected chi connectivity index (χ1v) is 5.35. The van der Waals surface area contributed by atoms with Crippen molar-refractivity contribution in [2.24, 2.45) is 5.41 Å². The Morgan fingerprint density at radius 1 is 1.23 bits per heavy atom. The summed E-state index contributed by atoms with van der Waals surface area (Å²) < 4.78 is 0. The van der Waals surface area contributed by atoms with Gasteiger partial charge in [-0.05, 0) is 38.5 Å². The van der Waals surface area contributed by atoms with Crippen LogP contribution in [-0.2, 0) is 0 Å². The first-order chi connectivity index (χ1) is 6.04. The van der Waals surface area contributed by atoms with Crippen LogP contribution in [0.25, 0.3) is 0 Å². The van der Waals surface area contributed by atoms with Crippen molar-refractivity contribution in [3.05, 3.63) is 23.8 Å². The van der Waals surface area contributed by atoms with Crippen molar-refractivity contribution in [2.45, 2.75) is 53.9 Å². The van der Waals surface area contributed by atoms with E-state index in [4.69, 9.17) is 0 Å². The van der Waals surface area contributed by atoms with Crippen LogP contribution in [-0.4, -0.2) is 0 Å². The second kappa shape index (κ2) is 6.01. The zero-order chi connectivity index (χ0) is 10.3. The lowest BCUT2D eigenvalue weighted by Gasteiger charge is -2.22. The van der Waals surface area contributed by atoms with Gasteiger partial charge in [0.2, 0.25) is 0 Å². The van der Waals surface area contributed by atoms with Crippen LogP contribution >= 0.6 is 0 Å². The van der Waals surface area contributed by atoms with Crippen molar-refractivity contribution in [3.63, 3.8) is 0 Å². The summed E-state index contributed by atoms with van der Waals surface area (Å²) in [5, 5.41) is 0. The maximum atomic E-state index is 2.37. The molecule has 13 heavy (non-hydrogen) atoms. The fourth-order valence-electron chi connectivity index (χ4n) is 1.17. The fraction of sp³-hybridized carbons (Fsp3) is 0.692. The molecular formula is C13H24. The molecule has 0 rings (SSSR count). The molecule has 0 amide bonds. The maximum Gasteiger partial charge on any atom is -0.0115 e. The zero-order valence-electron chi connectivity index (χ0n) is 9.85. The Bertz CT molecular complexity index is 182. The molecule has 76 valence electrons. The Hall–Kier alpha value is -0.520. The largest absolute Gasteiger partial charge is 0.0883 e. The van der Waals surface area contributed by atoms with Gasteiger partial charge in [-0.2, -0.15) is 0 Å². The summed E-state index contributed by atoms with van der Waals surface area (Å²) in [4.78, 5) is 0. The molecule has 0 aromatic heterocycles. The van der Waals surface area contributed by atoms with Crippen LogP contribution in [0.15, 0.2) is 23.8 Å². The Labute approximate surface area is 83.7 Å². The highest BCUT2D eigenvalue weighted by Gasteiger charge is 2.15. The van der Waals surface area contributed by atoms with Gasteiger partial charge in [0.15, 0.2) is 0 Å². The monoisotopic (exact) mass is 180 g/mol. The summed E-state index contributed by atoms with van der Waals surface area (Å²) in [7, 11) is 0. The molecule has 1 unspecified atom stereocenters. The molecule has 0 heteroatoms. The molecule has 0 saturated carbocycles. The second-order valence-corrected chi connectivity index (χ2v) is 4.30. The van der Waals surface area contributed by atoms with Gasteiger partial charge < -0.3 is 0 Å². The Balaban J connectivity index is 4.28. The van der Waals surface area contributed by atoms with E-state index in [1.165, 1.54) is 18.4 Å². The summed E-state index contributed by atoms with van der Waals surface area (Å²) >= 11 is 0. The van der Waals surface area contributed by atoms with E-state index in [-0.39, 0.29) is 0 Å². The number of allylic oxidation sites excluding steroid dienone is 4. The highest BCUT2D eigenvalue weighted by atomic mass is 14.2. The van der Waals surface area contributed by atoms with Gasteiger partial charge in [0.05, 0.1) is 0 Å². The fourth-order valence-corrected chi connectivity index (χ4v) is 1.17. The normalized spacial score (nSPS) is 15.8. The summed E-state index contributed by atoms with van der Waals surface area (Å²) in [6, 6.07) is 0. The van der Waals surface area contributed by atoms with E-state index < -0.39 is 0 Å². The van der Waals surface area contributed by atoms with Crippen molar-refractivity contribution in [3.8, 4) is 0 Å². The number of hydrogen-bond acceptors (Lipinski definition) is 0. The third kappa shape index (κ3) is 5.68. The van der Waals surface area contributed by atoms with Crippen molar-refractivity contribution in [1.82, 2.24) is 0 Å². The van der Waals surface area contributed by atoms with Gasteiger partial charge in [-0.1, -0.05) is 44.6 Å². The van der Waals surface area contributed by atoms with E-state index in [1.54, 1.807) is 0 Å². The molecule has 0 spiro atoms. The molecule has 0 aromatic rings. The molecule has 0 aliphatic heterocycles. The molecule has 0 heterocycles. The maximum absolute atomic E-state index is 2.37. The molecule has 0 radical (unpaired) electrons. The van der Waals surface area contributed by atoms with E-state index in [2.05, 4.69) is 52.8 Å². The molecular weight excluding hydrogens is 156 g/mol. The lowest BCUT2D eigenvalue weighted by Crippen LogP contribution is -2.10. The lowest BCUT2D eigenvalue weighted by molar-refractivity contribution is 0.415. The topological polar surface area (TPSA) is 0 Å². The van der Waals surface area contributed by atoms with Crippen molar-refractivity contribution < 1.29 is 0 Å². The minimum atomic E-state index is 0.368. The van der Waals surface area contributed by atoms with Crippen LogP contribution in [0.1, 0.15) is 53.9 Å². The molecule has 0 aromatic carbocycles. The van der Waals surface area contributed by atoms with E-state index in [0.717, 1.165) is 6.42 Å². The predicted molar refractivity (Wildman–Crippen MR) is 61.9 cm³/mol. The highest BCUT2D eigenvalue weighted by Crippen LogP contribution is 2.28. The van der Waals surface area contributed by atoms with Crippen molar-refractivity contribution >= 4 is 0 Å². The average Bonchev–Trinajstić information content (AvgIpc) is 2.11. The molecule has 0 aliphatic rings. The summed E-state index contributed by atoms with van der Waals surface area (Å²) in [6.45, 7) is 11.1. The third-order valence-corrected chi connectivity index (χ3v) is 2.54. The summed E-state index contributed by atoms with van der Waals surface area (Å²) in [5.74, 6) is 0. The standard InChI is InChI=1S/C13H24/c1-6-8-10-13(5,7-2)11-9-12(3)4/h8-10H,6-7,11H2,1-5H3. The SMILES string of the molecule is CCC=CC(C)(CC)CC=C(C)C. The van der Waals surface area contributed by atoms with Gasteiger partial charge >= 0.3 is 0 Å². The minimum absolute atomic E-state index is 0.368. The second-order valence-electron chi connectivity index (χ2n) is 4.30. The Morgan fingerprint density at radius 2 is 1.85 bits per heavy atom. The van der Waals surface area contributed by atoms with Crippen molar-refractivity contribution in [2.75, 3.05) is 0 Å². The Kier molecular flexibility index (Phi) is 5.77. The smallest absolute Gasteiger partial charge is 0.0115 e. The quantitative estimate of drug-likeness (QED) is 0.537. The molecule has 1 atom stereocenters. The lowest BCUT2D eigenvalue weighted by atomic mass is 9.83. The average molecular weight is 180 g/mol. The number of hydrogen-bond donors (Lipinski definition) is 0. The van der Waals surface area contributed by atoms with E-state index >= 15 is 0 Å². The van der Waals surface area contributed by atoms with Gasteiger partial charge in [-0.15, -0.1) is 0 Å². The van der Waals surface area contributed by atoms with Gasteiger partial charge in [0.25, 0.3) is 0 Å². The van der Waals surface area contributed by atoms with Crippen LogP contribution < -0.4 is 0 Å². The van der Waals surface area contributed by atoms with E-state index in [9.17, 15) is 0 Å². The summed E-state index contributed by atoms with van der Waals surface area (Å²) in [6.07, 6.45) is 10.5. The first-order valence-electron chi connectivity index (χ1n) is 5.35. The van der Waals surface area contributed by atoms with Crippen LogP contribution in [0.3, 0.4) is 0 Å². The van der Waals surface area contributed by atoms with Crippen LogP contribution in [0.4, 0.5) is 0 Å². The van der Waals surface area contributed by atoms with Gasteiger partial charge in [-0.3, -0.25) is 0 Å². The molecule has 0 bridgehead atoms. The highest BCUT2D eigenvalue weighted by molar-refractivity contribution is 5.03. The number of rotatable bonds is 5. The molecule has 0 N–H and O–H groups in total. The molecule has 0 aliphatic carbocycles. The van der Waals surface area contributed by atoms with Gasteiger partial charge in [0, 0.05) is 0 Å². The predicted octanol–water partition coefficient (Wildman–Crippen LogP) is 4.73. The van der Waals surface area contributed by atoms with Crippen LogP contribution in [0.5, 0.6) is 0 Å². The summed E-state index contributed by atoms with van der Waals surface area (Å²) in [5.41, 5.74) is 1.79. The van der Waals surface area contributed by atoms with Gasteiger partial charge in [-0.25, -0.2) is 0 Å². The van der Waals surface area contributed by atoms with Crippen LogP contribution in [0.2, 0.25) is 0 Å². The van der Waals surface area contributed by atoms with Crippen molar-refractivity contribution in [1.29, 1.82) is 0 Å². The molecule has 0 saturated heterocycles. The van der Waals surface area contributed by atoms with E-state index in [1.807, 2.05) is 0 Å².